The molecule has 3 aliphatic heterocycles. The molecule has 41 heavy (non-hydrogen) atoms. The van der Waals surface area contributed by atoms with E-state index in [0.717, 1.165) is 45.2 Å². The van der Waals surface area contributed by atoms with Gasteiger partial charge in [-0.2, -0.15) is 0 Å². The molecule has 0 radical (unpaired) electrons. The number of carbonyl (C=O) groups excluding carboxylic acids is 3. The Labute approximate surface area is 239 Å². The van der Waals surface area contributed by atoms with Crippen LogP contribution in [0.5, 0.6) is 0 Å². The van der Waals surface area contributed by atoms with Crippen molar-refractivity contribution < 1.29 is 31.9 Å². The maximum Gasteiger partial charge on any atom is 0.269 e. The van der Waals surface area contributed by atoms with Gasteiger partial charge in [-0.3, -0.25) is 14.4 Å². The number of sulfonamides is 1. The van der Waals surface area contributed by atoms with Gasteiger partial charge in [0, 0.05) is 26.2 Å². The van der Waals surface area contributed by atoms with Gasteiger partial charge < -0.3 is 19.9 Å². The predicted octanol–water partition coefficient (Wildman–Crippen LogP) is 2.32. The predicted molar refractivity (Wildman–Crippen MR) is 148 cm³/mol. The zero-order valence-corrected chi connectivity index (χ0v) is 23.7. The first kappa shape index (κ1) is 29.2. The number of ether oxygens (including phenoxy) is 1. The summed E-state index contributed by atoms with van der Waals surface area (Å²) in [7, 11) is -4.24. The second-order valence-corrected chi connectivity index (χ2v) is 12.5. The van der Waals surface area contributed by atoms with E-state index in [0.29, 0.717) is 23.0 Å². The van der Waals surface area contributed by atoms with Gasteiger partial charge in [-0.1, -0.05) is 30.7 Å². The molecule has 0 saturated carbocycles. The number of nitrogens with zero attached hydrogens (tertiary/aromatic N) is 3. The van der Waals surface area contributed by atoms with Gasteiger partial charge in [0.2, 0.25) is 11.8 Å². The highest BCUT2D eigenvalue weighted by Crippen LogP contribution is 2.31. The highest BCUT2D eigenvalue weighted by Gasteiger charge is 2.43. The molecular formula is C29H35FN4O6S. The molecule has 10 nitrogen and oxygen atoms in total. The maximum absolute atomic E-state index is 14.0. The lowest BCUT2D eigenvalue weighted by molar-refractivity contribution is -0.141. The van der Waals surface area contributed by atoms with Crippen molar-refractivity contribution in [3.05, 3.63) is 65.5 Å². The van der Waals surface area contributed by atoms with Crippen LogP contribution in [0.3, 0.4) is 0 Å². The van der Waals surface area contributed by atoms with Crippen molar-refractivity contribution in [3.8, 4) is 0 Å². The van der Waals surface area contributed by atoms with Crippen LogP contribution in [-0.4, -0.2) is 92.2 Å². The lowest BCUT2D eigenvalue weighted by Crippen LogP contribution is -2.51. The molecule has 3 heterocycles. The van der Waals surface area contributed by atoms with Gasteiger partial charge in [0.25, 0.3) is 15.9 Å². The van der Waals surface area contributed by atoms with Crippen molar-refractivity contribution in [3.63, 3.8) is 0 Å². The normalized spacial score (nSPS) is 21.0. The number of nitrogens with one attached hydrogen (secondary N) is 1. The quantitative estimate of drug-likeness (QED) is 0.454. The minimum Gasteiger partial charge on any atom is -0.376 e. The summed E-state index contributed by atoms with van der Waals surface area (Å²) in [4.78, 5) is 44.1. The molecule has 2 saturated heterocycles. The van der Waals surface area contributed by atoms with Gasteiger partial charge >= 0.3 is 0 Å². The third-order valence-electron chi connectivity index (χ3n) is 7.89. The van der Waals surface area contributed by atoms with Gasteiger partial charge in [-0.15, -0.1) is 0 Å². The lowest BCUT2D eigenvalue weighted by atomic mass is 10.0. The minimum absolute atomic E-state index is 0.00422. The first-order chi connectivity index (χ1) is 19.8. The number of likely N-dealkylation sites (tertiary alicyclic amines) is 1. The van der Waals surface area contributed by atoms with Gasteiger partial charge in [-0.25, -0.2) is 17.1 Å². The number of benzene rings is 2. The van der Waals surface area contributed by atoms with E-state index in [-0.39, 0.29) is 29.7 Å². The van der Waals surface area contributed by atoms with Crippen molar-refractivity contribution >= 4 is 27.7 Å². The summed E-state index contributed by atoms with van der Waals surface area (Å²) in [5.41, 5.74) is 0.381. The van der Waals surface area contributed by atoms with Gasteiger partial charge in [0.1, 0.15) is 23.3 Å². The van der Waals surface area contributed by atoms with E-state index >= 15 is 0 Å². The van der Waals surface area contributed by atoms with E-state index in [4.69, 9.17) is 4.74 Å². The molecule has 0 aromatic heterocycles. The van der Waals surface area contributed by atoms with Crippen LogP contribution >= 0.6 is 0 Å². The van der Waals surface area contributed by atoms with Crippen LogP contribution in [-0.2, 0) is 24.3 Å². The molecule has 0 bridgehead atoms. The fraction of sp³-hybridized carbons (Fsp3) is 0.483. The zero-order valence-electron chi connectivity index (χ0n) is 22.8. The van der Waals surface area contributed by atoms with Crippen LogP contribution in [0.2, 0.25) is 0 Å². The minimum atomic E-state index is -4.24. The summed E-state index contributed by atoms with van der Waals surface area (Å²) >= 11 is 0. The average molecular weight is 587 g/mol. The molecule has 5 rings (SSSR count). The number of piperidine rings is 1. The molecule has 1 N–H and O–H groups in total. The molecule has 220 valence electrons. The number of rotatable bonds is 10. The van der Waals surface area contributed by atoms with Crippen LogP contribution in [0.4, 0.5) is 4.39 Å². The number of halogens is 1. The Morgan fingerprint density at radius 3 is 2.46 bits per heavy atom. The van der Waals surface area contributed by atoms with Crippen molar-refractivity contribution in [2.24, 2.45) is 0 Å². The second-order valence-electron chi connectivity index (χ2n) is 10.6. The molecule has 2 aromatic carbocycles. The van der Waals surface area contributed by atoms with E-state index in [2.05, 4.69) is 10.2 Å². The smallest absolute Gasteiger partial charge is 0.269 e. The molecule has 0 aliphatic carbocycles. The Morgan fingerprint density at radius 1 is 1.05 bits per heavy atom. The van der Waals surface area contributed by atoms with Crippen molar-refractivity contribution in [2.45, 2.75) is 49.1 Å². The van der Waals surface area contributed by atoms with Gasteiger partial charge in [0.05, 0.1) is 11.7 Å². The van der Waals surface area contributed by atoms with Gasteiger partial charge in [0.15, 0.2) is 0 Å². The van der Waals surface area contributed by atoms with Crippen LogP contribution in [0.25, 0.3) is 0 Å². The number of hydrogen-bond donors (Lipinski definition) is 1. The first-order valence-electron chi connectivity index (χ1n) is 14.1. The molecular weight excluding hydrogens is 551 g/mol. The average Bonchev–Trinajstić information content (AvgIpc) is 3.57. The van der Waals surface area contributed by atoms with Crippen LogP contribution < -0.4 is 5.32 Å². The monoisotopic (exact) mass is 586 g/mol. The van der Waals surface area contributed by atoms with Crippen molar-refractivity contribution in [1.82, 2.24) is 19.4 Å². The van der Waals surface area contributed by atoms with Crippen LogP contribution in [0, 0.1) is 5.82 Å². The SMILES string of the molecule is O=C(NC[C@@H]1CCCO1)[C@H](c1ccc(F)cc1)N(CCN1CCCCC1)C(=O)CN1C(=O)c2ccccc2S1(=O)=O. The maximum atomic E-state index is 14.0. The fourth-order valence-corrected chi connectivity index (χ4v) is 7.18. The van der Waals surface area contributed by atoms with E-state index in [9.17, 15) is 27.2 Å². The Bertz CT molecular complexity index is 1370. The van der Waals surface area contributed by atoms with Crippen LogP contribution in [0.15, 0.2) is 53.4 Å². The Hall–Kier alpha value is -3.35. The van der Waals surface area contributed by atoms with Crippen molar-refractivity contribution in [1.29, 1.82) is 0 Å². The van der Waals surface area contributed by atoms with Crippen LogP contribution in [0.1, 0.15) is 54.1 Å². The van der Waals surface area contributed by atoms with E-state index < -0.39 is 46.1 Å². The Balaban J connectivity index is 1.44. The number of carbonyl (C=O) groups is 3. The third kappa shape index (κ3) is 6.44. The summed E-state index contributed by atoms with van der Waals surface area (Å²) in [6.07, 6.45) is 4.72. The standard InChI is InChI=1S/C29H35FN4O6S/c30-22-12-10-21(11-13-22)27(28(36)31-19-23-7-6-18-40-23)33(17-16-32-14-4-1-5-15-32)26(35)20-34-29(37)24-8-2-3-9-25(24)41(34,38)39/h2-3,8-13,23,27H,1,4-7,14-20H2,(H,31,36)/t23-,27-/m0/s1. The Kier molecular flexibility index (Phi) is 9.00. The van der Waals surface area contributed by atoms with Crippen molar-refractivity contribution in [2.75, 3.05) is 45.9 Å². The summed E-state index contributed by atoms with van der Waals surface area (Å²) < 4.78 is 46.5. The molecule has 2 aromatic rings. The summed E-state index contributed by atoms with van der Waals surface area (Å²) in [6.45, 7) is 2.38. The molecule has 2 atom stereocenters. The number of hydrogen-bond acceptors (Lipinski definition) is 7. The summed E-state index contributed by atoms with van der Waals surface area (Å²) in [5, 5.41) is 2.88. The highest BCUT2D eigenvalue weighted by molar-refractivity contribution is 7.90. The number of amides is 3. The molecule has 2 fully saturated rings. The highest BCUT2D eigenvalue weighted by atomic mass is 32.2. The largest absolute Gasteiger partial charge is 0.376 e. The van der Waals surface area contributed by atoms with E-state index in [1.165, 1.54) is 47.4 Å². The third-order valence-corrected chi connectivity index (χ3v) is 9.68. The van der Waals surface area contributed by atoms with Gasteiger partial charge in [-0.05, 0) is 68.6 Å². The van der Waals surface area contributed by atoms with E-state index in [1.807, 2.05) is 0 Å². The molecule has 0 unspecified atom stereocenters. The molecule has 12 heteroatoms. The summed E-state index contributed by atoms with van der Waals surface area (Å²) in [6, 6.07) is 9.98. The molecule has 3 aliphatic rings. The molecule has 0 spiro atoms. The fourth-order valence-electron chi connectivity index (χ4n) is 5.67. The second kappa shape index (κ2) is 12.7. The topological polar surface area (TPSA) is 116 Å². The molecule has 3 amide bonds. The first-order valence-corrected chi connectivity index (χ1v) is 15.5. The summed E-state index contributed by atoms with van der Waals surface area (Å²) in [5.74, 6) is -2.47. The number of fused-ring (bicyclic) bond motifs is 1. The zero-order chi connectivity index (χ0) is 29.0. The van der Waals surface area contributed by atoms with E-state index in [1.54, 1.807) is 6.07 Å². The lowest BCUT2D eigenvalue weighted by Gasteiger charge is -2.35. The Morgan fingerprint density at radius 2 is 1.78 bits per heavy atom.